The Hall–Kier alpha value is -9.58. The summed E-state index contributed by atoms with van der Waals surface area (Å²) in [6.07, 6.45) is 0. The minimum atomic E-state index is -1.01. The molecule has 0 fully saturated rings. The highest BCUT2D eigenvalue weighted by atomic mass is 16.5. The minimum absolute atomic E-state index is 0.0134. The fourth-order valence-electron chi connectivity index (χ4n) is 13.5. The lowest BCUT2D eigenvalue weighted by Crippen LogP contribution is -2.29. The zero-order chi connectivity index (χ0) is 61.1. The van der Waals surface area contributed by atoms with E-state index in [1.54, 1.807) is 0 Å². The van der Waals surface area contributed by atoms with Crippen molar-refractivity contribution in [1.29, 1.82) is 0 Å². The van der Waals surface area contributed by atoms with Crippen molar-refractivity contribution in [2.75, 3.05) is 9.80 Å². The monoisotopic (exact) mass is 1150 g/mol. The normalized spacial score (nSPS) is 14.4. The smallest absolute Gasteiger partial charge is 0.160 e. The molecule has 0 saturated heterocycles. The maximum atomic E-state index is 7.63. The first-order valence-corrected chi connectivity index (χ1v) is 31.1. The Morgan fingerprint density at radius 2 is 0.659 bits per heavy atom. The number of fused-ring (bicyclic) bond motifs is 11. The molecule has 1 aliphatic rings. The van der Waals surface area contributed by atoms with Crippen molar-refractivity contribution in [2.45, 2.75) is 110 Å². The molecule has 436 valence electrons. The van der Waals surface area contributed by atoms with Gasteiger partial charge in [0.2, 0.25) is 0 Å². The van der Waals surface area contributed by atoms with Crippen LogP contribution in [0.2, 0.25) is 0 Å². The highest BCUT2D eigenvalue weighted by molar-refractivity contribution is 6.26. The number of benzene rings is 11. The number of nitrogens with zero attached hydrogens (tertiary/aromatic N) is 2. The van der Waals surface area contributed by atoms with E-state index >= 15 is 0 Å². The van der Waals surface area contributed by atoms with Crippen molar-refractivity contribution >= 4 is 78.0 Å². The molecule has 0 amide bonds. The predicted molar refractivity (Wildman–Crippen MR) is 369 cm³/mol. The van der Waals surface area contributed by atoms with Gasteiger partial charge in [-0.25, -0.2) is 0 Å². The van der Waals surface area contributed by atoms with Gasteiger partial charge in [-0.05, 0) is 163 Å². The summed E-state index contributed by atoms with van der Waals surface area (Å²) in [5, 5.41) is 4.11. The lowest BCUT2D eigenvalue weighted by atomic mass is 9.67. The van der Waals surface area contributed by atoms with E-state index in [4.69, 9.17) is 13.6 Å². The Balaban J connectivity index is 1.16. The quantitative estimate of drug-likeness (QED) is 0.137. The Morgan fingerprint density at radius 1 is 0.318 bits per heavy atom. The zero-order valence-electron chi connectivity index (χ0n) is 52.7. The molecule has 0 radical (unpaired) electrons. The van der Waals surface area contributed by atoms with Crippen molar-refractivity contribution in [3.8, 4) is 22.6 Å². The molecule has 5 heteroatoms. The summed E-state index contributed by atoms with van der Waals surface area (Å²) in [5.74, 6) is 1.53. The number of furan rings is 2. The molecule has 1 unspecified atom stereocenters. The van der Waals surface area contributed by atoms with Crippen LogP contribution in [-0.4, -0.2) is 0 Å². The minimum Gasteiger partial charge on any atom is -0.457 e. The molecule has 88 heavy (non-hydrogen) atoms. The Labute approximate surface area is 518 Å². The average Bonchev–Trinajstić information content (AvgIpc) is 1.50. The summed E-state index contributed by atoms with van der Waals surface area (Å²) in [7, 11) is 0. The first kappa shape index (κ1) is 56.2. The number of hydrogen-bond acceptors (Lipinski definition) is 5. The molecular formula is C83H76N2O3. The van der Waals surface area contributed by atoms with Gasteiger partial charge in [-0.1, -0.05) is 229 Å². The van der Waals surface area contributed by atoms with Crippen LogP contribution in [0.1, 0.15) is 128 Å². The molecule has 2 heterocycles. The SMILES string of the molecule is CC(C)(C)c1ccc(Oc2ccc(C3(c4ccc(C(C)(C)C)cc4)c4cc(N(c5ccccc5)c5ccc(C(C)(C)C)cc5)c5c(oc6ccccc65)c4-c4c3cc(N(c3ccccc3)c3ccc(C(C)(C)C)cc3)c3oc5ccccc5c43)cc2)cc1. The zero-order valence-corrected chi connectivity index (χ0v) is 52.7. The standard InChI is InChI=1S/C83H76N2O3/c1-79(2,3)53-31-33-57(34-32-53)83(58-41-49-64(50-42-58)86-63-47-39-56(40-48-63)82(10,11)12)67-52-70(85(60-25-17-14-18-26-60)62-45-37-55(38-46-62)81(7,8)9)77-74(66-28-20-22-30-72(66)87-77)75(67)76-68(83)51-69(73-65-27-19-21-29-71(65)88-78(73)76)84(59-23-15-13-16-24-59)61-43-35-54(36-44-61)80(4,5)6/h13-52H,1-12H3. The van der Waals surface area contributed by atoms with Gasteiger partial charge in [0.1, 0.15) is 28.2 Å². The maximum absolute atomic E-state index is 7.63. The van der Waals surface area contributed by atoms with Crippen LogP contribution in [0.25, 0.3) is 55.0 Å². The van der Waals surface area contributed by atoms with Crippen molar-refractivity contribution in [2.24, 2.45) is 0 Å². The molecule has 11 aromatic carbocycles. The van der Waals surface area contributed by atoms with Gasteiger partial charge in [-0.3, -0.25) is 0 Å². The largest absolute Gasteiger partial charge is 0.457 e. The van der Waals surface area contributed by atoms with Crippen LogP contribution in [-0.2, 0) is 27.1 Å². The van der Waals surface area contributed by atoms with Crippen LogP contribution in [0.3, 0.4) is 0 Å². The highest BCUT2D eigenvalue weighted by Crippen LogP contribution is 2.65. The van der Waals surface area contributed by atoms with Gasteiger partial charge in [0, 0.05) is 50.0 Å². The molecule has 0 bridgehead atoms. The van der Waals surface area contributed by atoms with E-state index in [0.29, 0.717) is 0 Å². The van der Waals surface area contributed by atoms with Gasteiger partial charge < -0.3 is 23.4 Å². The first-order valence-electron chi connectivity index (χ1n) is 31.1. The van der Waals surface area contributed by atoms with Crippen LogP contribution in [0.15, 0.2) is 251 Å². The first-order chi connectivity index (χ1) is 42.2. The molecule has 0 aliphatic heterocycles. The van der Waals surface area contributed by atoms with Crippen LogP contribution < -0.4 is 14.5 Å². The molecular weight excluding hydrogens is 1070 g/mol. The van der Waals surface area contributed by atoms with E-state index < -0.39 is 5.41 Å². The van der Waals surface area contributed by atoms with Gasteiger partial charge in [-0.2, -0.15) is 0 Å². The third-order valence-corrected chi connectivity index (χ3v) is 18.2. The molecule has 14 rings (SSSR count). The van der Waals surface area contributed by atoms with Crippen LogP contribution in [0.5, 0.6) is 11.5 Å². The molecule has 5 nitrogen and oxygen atoms in total. The number of hydrogen-bond donors (Lipinski definition) is 0. The predicted octanol–water partition coefficient (Wildman–Crippen LogP) is 23.8. The molecule has 1 aliphatic carbocycles. The van der Waals surface area contributed by atoms with Gasteiger partial charge >= 0.3 is 0 Å². The molecule has 0 N–H and O–H groups in total. The molecule has 2 aromatic heterocycles. The molecule has 0 spiro atoms. The van der Waals surface area contributed by atoms with Crippen molar-refractivity contribution < 1.29 is 13.6 Å². The van der Waals surface area contributed by atoms with E-state index in [1.807, 2.05) is 0 Å². The van der Waals surface area contributed by atoms with Crippen molar-refractivity contribution in [3.63, 3.8) is 0 Å². The lowest BCUT2D eigenvalue weighted by Gasteiger charge is -2.36. The summed E-state index contributed by atoms with van der Waals surface area (Å²) >= 11 is 0. The molecule has 1 atom stereocenters. The Bertz CT molecular complexity index is 4740. The van der Waals surface area contributed by atoms with Crippen molar-refractivity contribution in [3.05, 3.63) is 287 Å². The summed E-state index contributed by atoms with van der Waals surface area (Å²) in [5.41, 5.74) is 19.6. The summed E-state index contributed by atoms with van der Waals surface area (Å²) in [4.78, 5) is 4.85. The summed E-state index contributed by atoms with van der Waals surface area (Å²) in [6.45, 7) is 27.3. The maximum Gasteiger partial charge on any atom is 0.160 e. The molecule has 0 saturated carbocycles. The highest BCUT2D eigenvalue weighted by Gasteiger charge is 2.51. The number of para-hydroxylation sites is 4. The lowest BCUT2D eigenvalue weighted by molar-refractivity contribution is 0.481. The summed E-state index contributed by atoms with van der Waals surface area (Å²) in [6, 6.07) is 88.9. The third kappa shape index (κ3) is 9.45. The second-order valence-corrected chi connectivity index (χ2v) is 28.2. The topological polar surface area (TPSA) is 42.0 Å². The van der Waals surface area contributed by atoms with Gasteiger partial charge in [-0.15, -0.1) is 0 Å². The Morgan fingerprint density at radius 3 is 1.12 bits per heavy atom. The van der Waals surface area contributed by atoms with Gasteiger partial charge in [0.05, 0.1) is 22.2 Å². The second kappa shape index (κ2) is 20.8. The third-order valence-electron chi connectivity index (χ3n) is 18.2. The fraction of sp³-hybridized carbons (Fsp3) is 0.205. The van der Waals surface area contributed by atoms with Crippen LogP contribution in [0, 0.1) is 0 Å². The van der Waals surface area contributed by atoms with E-state index in [0.717, 1.165) is 123 Å². The van der Waals surface area contributed by atoms with Crippen LogP contribution >= 0.6 is 0 Å². The number of rotatable bonds is 10. The number of anilines is 6. The van der Waals surface area contributed by atoms with Gasteiger partial charge in [0.25, 0.3) is 0 Å². The van der Waals surface area contributed by atoms with E-state index in [9.17, 15) is 0 Å². The van der Waals surface area contributed by atoms with Gasteiger partial charge in [0.15, 0.2) is 5.58 Å². The van der Waals surface area contributed by atoms with E-state index in [1.165, 1.54) is 22.3 Å². The molecule has 13 aromatic rings. The second-order valence-electron chi connectivity index (χ2n) is 28.2. The summed E-state index contributed by atoms with van der Waals surface area (Å²) < 4.78 is 21.9. The Kier molecular flexibility index (Phi) is 13.3. The van der Waals surface area contributed by atoms with E-state index in [2.05, 4.69) is 336 Å². The van der Waals surface area contributed by atoms with Crippen molar-refractivity contribution in [1.82, 2.24) is 0 Å². The average molecular weight is 1150 g/mol. The van der Waals surface area contributed by atoms with E-state index in [-0.39, 0.29) is 21.7 Å². The van der Waals surface area contributed by atoms with Crippen LogP contribution in [0.4, 0.5) is 34.1 Å². The fourth-order valence-corrected chi connectivity index (χ4v) is 13.5. The number of ether oxygens (including phenoxy) is 1.